The van der Waals surface area contributed by atoms with E-state index in [1.54, 1.807) is 56.5 Å². The molecule has 8 nitrogen and oxygen atoms in total. The van der Waals surface area contributed by atoms with Crippen molar-refractivity contribution < 1.29 is 24.2 Å². The summed E-state index contributed by atoms with van der Waals surface area (Å²) in [5.74, 6) is -0.198. The van der Waals surface area contributed by atoms with Crippen LogP contribution in [0.25, 0.3) is 10.9 Å². The van der Waals surface area contributed by atoms with Crippen molar-refractivity contribution in [3.8, 4) is 17.2 Å². The normalized spacial score (nSPS) is 11.9. The van der Waals surface area contributed by atoms with Crippen molar-refractivity contribution in [2.45, 2.75) is 25.7 Å². The lowest BCUT2D eigenvalue weighted by atomic mass is 9.91. The smallest absolute Gasteiger partial charge is 0.227 e. The number of amides is 1. The molecule has 4 rings (SSSR count). The Morgan fingerprint density at radius 3 is 2.65 bits per heavy atom. The van der Waals surface area contributed by atoms with Crippen LogP contribution in [0.4, 0.5) is 0 Å². The number of phenols is 1. The zero-order valence-corrected chi connectivity index (χ0v) is 18.9. The summed E-state index contributed by atoms with van der Waals surface area (Å²) in [6, 6.07) is 13.4. The van der Waals surface area contributed by atoms with E-state index < -0.39 is 17.1 Å². The number of aromatic hydroxyl groups is 2. The van der Waals surface area contributed by atoms with Crippen LogP contribution in [0.2, 0.25) is 0 Å². The van der Waals surface area contributed by atoms with Crippen LogP contribution in [-0.4, -0.2) is 34.8 Å². The molecule has 1 unspecified atom stereocenters. The van der Waals surface area contributed by atoms with Crippen molar-refractivity contribution in [2.75, 3.05) is 13.7 Å². The number of hydrogen-bond donors (Lipinski definition) is 4. The number of aromatic nitrogens is 1. The highest BCUT2D eigenvalue weighted by atomic mass is 16.5. The van der Waals surface area contributed by atoms with Crippen molar-refractivity contribution in [1.82, 2.24) is 10.3 Å². The summed E-state index contributed by atoms with van der Waals surface area (Å²) in [6.45, 7) is 2.00. The molecule has 2 aromatic heterocycles. The molecule has 0 saturated carbocycles. The van der Waals surface area contributed by atoms with Gasteiger partial charge in [-0.25, -0.2) is 0 Å². The molecule has 0 bridgehead atoms. The number of aromatic amines is 1. The minimum absolute atomic E-state index is 0.0268. The van der Waals surface area contributed by atoms with Gasteiger partial charge in [0, 0.05) is 36.1 Å². The Hall–Kier alpha value is -4.20. The molecule has 1 atom stereocenters. The molecule has 0 aliphatic heterocycles. The van der Waals surface area contributed by atoms with Crippen molar-refractivity contribution in [1.29, 1.82) is 0 Å². The van der Waals surface area contributed by atoms with Crippen LogP contribution in [0.3, 0.4) is 0 Å². The molecule has 0 aliphatic carbocycles. The summed E-state index contributed by atoms with van der Waals surface area (Å²) in [5.41, 5.74) is 2.02. The third-order valence-electron chi connectivity index (χ3n) is 5.76. The molecule has 0 fully saturated rings. The molecular weight excluding hydrogens is 436 g/mol. The number of carbonyl (C=O) groups is 1. The van der Waals surface area contributed by atoms with E-state index in [1.165, 1.54) is 6.07 Å². The van der Waals surface area contributed by atoms with E-state index in [4.69, 9.17) is 9.15 Å². The average Bonchev–Trinajstić information content (AvgIpc) is 3.22. The Kier molecular flexibility index (Phi) is 6.58. The van der Waals surface area contributed by atoms with Gasteiger partial charge in [0.15, 0.2) is 5.76 Å². The van der Waals surface area contributed by atoms with Gasteiger partial charge in [-0.15, -0.1) is 0 Å². The molecule has 0 radical (unpaired) electrons. The minimum Gasteiger partial charge on any atom is -0.508 e. The van der Waals surface area contributed by atoms with Crippen molar-refractivity contribution in [3.63, 3.8) is 0 Å². The quantitative estimate of drug-likeness (QED) is 0.316. The minimum atomic E-state index is -0.663. The highest BCUT2D eigenvalue weighted by molar-refractivity contribution is 5.84. The standard InChI is InChI=1S/C26H26N2O6/c1-15-11-23(30)25(32)26(34-15)21(16-3-6-19(33-2)7-4-16)13-24(31)27-10-9-17-14-28-22-8-5-18(29)12-20(17)22/h3-8,11-12,14,21,28-29,32H,9-10,13H2,1-2H3,(H,27,31). The molecule has 2 aromatic carbocycles. The molecule has 0 spiro atoms. The van der Waals surface area contributed by atoms with E-state index in [2.05, 4.69) is 10.3 Å². The maximum atomic E-state index is 12.9. The van der Waals surface area contributed by atoms with Gasteiger partial charge in [-0.2, -0.15) is 0 Å². The Morgan fingerprint density at radius 2 is 1.91 bits per heavy atom. The van der Waals surface area contributed by atoms with E-state index in [0.717, 1.165) is 16.5 Å². The number of rotatable bonds is 8. The lowest BCUT2D eigenvalue weighted by Gasteiger charge is -2.18. The first-order valence-corrected chi connectivity index (χ1v) is 10.9. The van der Waals surface area contributed by atoms with Crippen molar-refractivity contribution >= 4 is 16.8 Å². The monoisotopic (exact) mass is 462 g/mol. The Bertz CT molecular complexity index is 1370. The summed E-state index contributed by atoms with van der Waals surface area (Å²) >= 11 is 0. The number of fused-ring (bicyclic) bond motifs is 1. The molecular formula is C26H26N2O6. The second-order valence-electron chi connectivity index (χ2n) is 8.11. The lowest BCUT2D eigenvalue weighted by Crippen LogP contribution is -2.27. The van der Waals surface area contributed by atoms with Crippen LogP contribution >= 0.6 is 0 Å². The predicted molar refractivity (Wildman–Crippen MR) is 128 cm³/mol. The number of benzene rings is 2. The molecule has 2 heterocycles. The first-order chi connectivity index (χ1) is 16.4. The molecule has 4 aromatic rings. The van der Waals surface area contributed by atoms with Gasteiger partial charge in [0.05, 0.1) is 13.0 Å². The maximum Gasteiger partial charge on any atom is 0.227 e. The van der Waals surface area contributed by atoms with E-state index in [-0.39, 0.29) is 23.8 Å². The number of aryl methyl sites for hydroxylation is 1. The van der Waals surface area contributed by atoms with Gasteiger partial charge in [-0.1, -0.05) is 12.1 Å². The first-order valence-electron chi connectivity index (χ1n) is 10.9. The van der Waals surface area contributed by atoms with Gasteiger partial charge in [0.1, 0.15) is 17.3 Å². The van der Waals surface area contributed by atoms with Gasteiger partial charge in [0.25, 0.3) is 0 Å². The number of nitrogens with one attached hydrogen (secondary N) is 2. The lowest BCUT2D eigenvalue weighted by molar-refractivity contribution is -0.121. The summed E-state index contributed by atoms with van der Waals surface area (Å²) in [5, 5.41) is 24.0. The SMILES string of the molecule is COc1ccc(C(CC(=O)NCCc2c[nH]c3ccc(O)cc23)c2oc(C)cc(=O)c2O)cc1. The number of phenolic OH excluding ortho intramolecular Hbond substituents is 1. The van der Waals surface area contributed by atoms with Gasteiger partial charge in [-0.3, -0.25) is 9.59 Å². The van der Waals surface area contributed by atoms with Crippen LogP contribution in [0, 0.1) is 6.92 Å². The highest BCUT2D eigenvalue weighted by Gasteiger charge is 2.26. The topological polar surface area (TPSA) is 125 Å². The number of hydrogen-bond acceptors (Lipinski definition) is 6. The molecule has 0 aliphatic rings. The van der Waals surface area contributed by atoms with Crippen LogP contribution in [0.5, 0.6) is 17.2 Å². The highest BCUT2D eigenvalue weighted by Crippen LogP contribution is 2.33. The summed E-state index contributed by atoms with van der Waals surface area (Å²) < 4.78 is 10.9. The maximum absolute atomic E-state index is 12.9. The van der Waals surface area contributed by atoms with Crippen LogP contribution < -0.4 is 15.5 Å². The van der Waals surface area contributed by atoms with Crippen LogP contribution in [0.15, 0.2) is 63.9 Å². The van der Waals surface area contributed by atoms with E-state index in [0.29, 0.717) is 30.0 Å². The van der Waals surface area contributed by atoms with E-state index in [1.807, 2.05) is 6.20 Å². The predicted octanol–water partition coefficient (Wildman–Crippen LogP) is 3.73. The fraction of sp³-hybridized carbons (Fsp3) is 0.231. The molecule has 176 valence electrons. The molecule has 4 N–H and O–H groups in total. The summed E-state index contributed by atoms with van der Waals surface area (Å²) in [7, 11) is 1.56. The molecule has 34 heavy (non-hydrogen) atoms. The number of carbonyl (C=O) groups excluding carboxylic acids is 1. The summed E-state index contributed by atoms with van der Waals surface area (Å²) in [4.78, 5) is 28.2. The first kappa shape index (κ1) is 23.0. The Morgan fingerprint density at radius 1 is 1.15 bits per heavy atom. The summed E-state index contributed by atoms with van der Waals surface area (Å²) in [6.07, 6.45) is 2.39. The van der Waals surface area contributed by atoms with Gasteiger partial charge < -0.3 is 29.7 Å². The zero-order valence-electron chi connectivity index (χ0n) is 18.9. The van der Waals surface area contributed by atoms with Crippen LogP contribution in [0.1, 0.15) is 35.0 Å². The molecule has 1 amide bonds. The van der Waals surface area contributed by atoms with Gasteiger partial charge in [0.2, 0.25) is 17.1 Å². The van der Waals surface area contributed by atoms with E-state index >= 15 is 0 Å². The molecule has 0 saturated heterocycles. The third kappa shape index (κ3) is 4.91. The van der Waals surface area contributed by atoms with Crippen molar-refractivity contribution in [3.05, 3.63) is 87.6 Å². The van der Waals surface area contributed by atoms with Gasteiger partial charge >= 0.3 is 0 Å². The number of H-pyrrole nitrogens is 1. The Balaban J connectivity index is 1.52. The number of methoxy groups -OCH3 is 1. The largest absolute Gasteiger partial charge is 0.508 e. The second-order valence-corrected chi connectivity index (χ2v) is 8.11. The second kappa shape index (κ2) is 9.74. The Labute approximate surface area is 195 Å². The average molecular weight is 463 g/mol. The van der Waals surface area contributed by atoms with E-state index in [9.17, 15) is 19.8 Å². The fourth-order valence-electron chi connectivity index (χ4n) is 4.03. The number of ether oxygens (including phenoxy) is 1. The van der Waals surface area contributed by atoms with Crippen LogP contribution in [-0.2, 0) is 11.2 Å². The molecule has 8 heteroatoms. The van der Waals surface area contributed by atoms with Crippen molar-refractivity contribution in [2.24, 2.45) is 0 Å². The fourth-order valence-corrected chi connectivity index (χ4v) is 4.03. The zero-order chi connectivity index (χ0) is 24.2. The third-order valence-corrected chi connectivity index (χ3v) is 5.76. The van der Waals surface area contributed by atoms with Gasteiger partial charge in [-0.05, 0) is 54.8 Å².